The fraction of sp³-hybridized carbons (Fsp3) is 0.542. The van der Waals surface area contributed by atoms with Gasteiger partial charge in [-0.2, -0.15) is 4.37 Å². The Kier molecular flexibility index (Phi) is 15.6. The highest BCUT2D eigenvalue weighted by Gasteiger charge is 2.39. The smallest absolute Gasteiger partial charge is 0.259 e. The summed E-state index contributed by atoms with van der Waals surface area (Å²) in [6.45, 7) is 19.2. The number of amides is 4. The van der Waals surface area contributed by atoms with Gasteiger partial charge in [0.1, 0.15) is 12.1 Å². The maximum absolute atomic E-state index is 14.3. The second-order valence-corrected chi connectivity index (χ2v) is 18.9. The number of hydrogen-bond donors (Lipinski definition) is 2. The Labute approximate surface area is 376 Å². The second-order valence-electron chi connectivity index (χ2n) is 18.1. The first kappa shape index (κ1) is 47.5. The quantitative estimate of drug-likeness (QED) is 0.108. The Morgan fingerprint density at radius 2 is 1.89 bits per heavy atom. The monoisotopic (exact) mass is 882 g/mol. The molecule has 4 amide bonds. The average Bonchev–Trinajstić information content (AvgIpc) is 4.03. The summed E-state index contributed by atoms with van der Waals surface area (Å²) in [5.74, 6) is -1.76. The van der Waals surface area contributed by atoms with Crippen LogP contribution in [0, 0.1) is 17.3 Å². The number of fused-ring (bicyclic) bond motifs is 1. The summed E-state index contributed by atoms with van der Waals surface area (Å²) in [7, 11) is 5.08. The van der Waals surface area contributed by atoms with Crippen molar-refractivity contribution in [1.82, 2.24) is 39.5 Å². The molecule has 3 aromatic heterocycles. The van der Waals surface area contributed by atoms with Crippen molar-refractivity contribution in [1.29, 1.82) is 0 Å². The van der Waals surface area contributed by atoms with Gasteiger partial charge in [0, 0.05) is 83.1 Å². The summed E-state index contributed by atoms with van der Waals surface area (Å²) in [4.78, 5) is 63.4. The van der Waals surface area contributed by atoms with Gasteiger partial charge in [-0.3, -0.25) is 29.2 Å². The van der Waals surface area contributed by atoms with Crippen LogP contribution in [0.1, 0.15) is 83.9 Å². The molecule has 2 aliphatic rings. The summed E-state index contributed by atoms with van der Waals surface area (Å²) in [5, 5.41) is 5.80. The number of rotatable bonds is 18. The normalized spacial score (nSPS) is 17.2. The number of nitrogens with zero attached hydrogens (tertiary/aromatic N) is 6. The van der Waals surface area contributed by atoms with E-state index in [4.69, 9.17) is 18.8 Å². The molecule has 2 fully saturated rings. The molecular weight excluding hydrogens is 817 g/mol. The third-order valence-electron chi connectivity index (χ3n) is 12.4. The summed E-state index contributed by atoms with van der Waals surface area (Å²) in [5.41, 5.74) is 10.1. The van der Waals surface area contributed by atoms with Crippen molar-refractivity contribution < 1.29 is 28.7 Å². The van der Waals surface area contributed by atoms with E-state index in [1.165, 1.54) is 28.1 Å². The first-order chi connectivity index (χ1) is 30.1. The predicted octanol–water partition coefficient (Wildman–Crippen LogP) is 6.44. The van der Waals surface area contributed by atoms with Crippen LogP contribution in [0.2, 0.25) is 0 Å². The van der Waals surface area contributed by atoms with Gasteiger partial charge in [-0.25, -0.2) is 5.43 Å². The van der Waals surface area contributed by atoms with Crippen LogP contribution in [0.3, 0.4) is 0 Å². The van der Waals surface area contributed by atoms with E-state index in [2.05, 4.69) is 66.9 Å². The number of likely N-dealkylation sites (N-methyl/N-ethyl adjacent to an activating group) is 1. The Morgan fingerprint density at radius 3 is 2.56 bits per heavy atom. The number of aromatic nitrogens is 3. The largest absolute Gasteiger partial charge is 0.384 e. The number of carbonyl (C=O) groups is 4. The summed E-state index contributed by atoms with van der Waals surface area (Å²) in [6.07, 6.45) is 6.09. The molecule has 4 atom stereocenters. The molecule has 0 unspecified atom stereocenters. The van der Waals surface area contributed by atoms with Crippen molar-refractivity contribution in [2.24, 2.45) is 17.3 Å². The Bertz CT molecular complexity index is 2280. The van der Waals surface area contributed by atoms with Crippen molar-refractivity contribution in [3.8, 4) is 21.7 Å². The fourth-order valence-corrected chi connectivity index (χ4v) is 10.0. The van der Waals surface area contributed by atoms with E-state index in [9.17, 15) is 19.2 Å². The molecule has 0 saturated carbocycles. The Morgan fingerprint density at radius 1 is 1.11 bits per heavy atom. The number of carbonyl (C=O) groups excluding carboxylic acids is 4. The molecule has 0 bridgehead atoms. The summed E-state index contributed by atoms with van der Waals surface area (Å²) < 4.78 is 18.7. The minimum Gasteiger partial charge on any atom is -0.384 e. The van der Waals surface area contributed by atoms with Crippen LogP contribution in [-0.2, 0) is 48.0 Å². The molecule has 2 N–H and O–H groups in total. The number of ether oxygens (including phenoxy) is 2. The zero-order chi connectivity index (χ0) is 45.6. The van der Waals surface area contributed by atoms with Gasteiger partial charge in [-0.1, -0.05) is 40.3 Å². The third-order valence-corrected chi connectivity index (χ3v) is 13.3. The molecule has 0 radical (unpaired) electrons. The molecule has 5 heterocycles. The highest BCUT2D eigenvalue weighted by molar-refractivity contribution is 7.09. The topological polar surface area (TPSA) is 151 Å². The number of hydrazine groups is 1. The van der Waals surface area contributed by atoms with Gasteiger partial charge >= 0.3 is 0 Å². The van der Waals surface area contributed by atoms with E-state index in [1.807, 2.05) is 39.1 Å². The van der Waals surface area contributed by atoms with Crippen LogP contribution in [0.25, 0.3) is 32.6 Å². The van der Waals surface area contributed by atoms with Crippen LogP contribution in [0.4, 0.5) is 0 Å². The minimum atomic E-state index is -0.934. The number of methoxy groups -OCH3 is 2. The number of nitrogens with one attached hydrogen (secondary N) is 2. The zero-order valence-corrected chi connectivity index (χ0v) is 39.3. The van der Waals surface area contributed by atoms with Gasteiger partial charge in [0.05, 0.1) is 40.6 Å². The molecular formula is C48H66N8O6S. The number of aryl methyl sites for hydroxylation is 1. The van der Waals surface area contributed by atoms with E-state index >= 15 is 0 Å². The molecule has 0 spiro atoms. The molecule has 63 heavy (non-hydrogen) atoms. The lowest BCUT2D eigenvalue weighted by Crippen LogP contribution is -2.59. The van der Waals surface area contributed by atoms with Crippen LogP contribution in [-0.4, -0.2) is 118 Å². The molecule has 15 heteroatoms. The molecule has 2 aliphatic heterocycles. The third kappa shape index (κ3) is 10.5. The van der Waals surface area contributed by atoms with Gasteiger partial charge in [-0.05, 0) is 110 Å². The minimum absolute atomic E-state index is 0.166. The van der Waals surface area contributed by atoms with Crippen molar-refractivity contribution >= 4 is 46.1 Å². The van der Waals surface area contributed by atoms with Gasteiger partial charge in [0.25, 0.3) is 5.91 Å². The molecule has 0 aliphatic carbocycles. The fourth-order valence-electron chi connectivity index (χ4n) is 9.28. The molecule has 1 aromatic carbocycles. The highest BCUT2D eigenvalue weighted by Crippen LogP contribution is 2.42. The molecule has 6 rings (SSSR count). The number of pyridine rings is 1. The van der Waals surface area contributed by atoms with E-state index in [-0.39, 0.29) is 48.1 Å². The maximum Gasteiger partial charge on any atom is 0.259 e. The van der Waals surface area contributed by atoms with Gasteiger partial charge in [-0.15, -0.1) is 0 Å². The first-order valence-electron chi connectivity index (χ1n) is 22.2. The second kappa shape index (κ2) is 20.7. The van der Waals surface area contributed by atoms with Crippen LogP contribution in [0.5, 0.6) is 0 Å². The number of likely N-dealkylation sites (tertiary alicyclic amines) is 1. The predicted molar refractivity (Wildman–Crippen MR) is 248 cm³/mol. The van der Waals surface area contributed by atoms with E-state index in [0.29, 0.717) is 38.4 Å². The molecule has 4 aromatic rings. The molecule has 2 saturated heterocycles. The first-order valence-corrected chi connectivity index (χ1v) is 23.0. The number of benzene rings is 1. The Hall–Kier alpha value is -4.96. The van der Waals surface area contributed by atoms with E-state index in [1.54, 1.807) is 31.2 Å². The molecule has 14 nitrogen and oxygen atoms in total. The van der Waals surface area contributed by atoms with Crippen molar-refractivity contribution in [2.75, 3.05) is 54.1 Å². The number of hydrogen-bond acceptors (Lipinski definition) is 10. The van der Waals surface area contributed by atoms with Crippen molar-refractivity contribution in [3.63, 3.8) is 0 Å². The average molecular weight is 883 g/mol. The van der Waals surface area contributed by atoms with Crippen LogP contribution < -0.4 is 10.7 Å². The standard InChI is InChI=1S/C48H66N8O6S/c1-11-41(57)54-23-19-33(28-54)46(59)53(8)43(30(3)4)45(58)51-38(47(60)56-22-14-13-21-50-56)25-34-26-40(63-52-34)32-17-18-39-36(24-32)37(27-48(6,7)29-61-9)44(55(39)12-2)35-16-15-20-49-42(35)31(5)62-10/h11,15-18,20,24,26,30-31,33,38,43,50H,1,12-14,19,21-23,25,27-29H2,2-10H3,(H,51,58)/t31-,33-,38-,43-/m0/s1. The molecule has 340 valence electrons. The zero-order valence-electron chi connectivity index (χ0n) is 38.5. The van der Waals surface area contributed by atoms with E-state index in [0.717, 1.165) is 64.1 Å². The maximum atomic E-state index is 14.3. The van der Waals surface area contributed by atoms with Crippen molar-refractivity contribution in [2.45, 2.75) is 98.4 Å². The van der Waals surface area contributed by atoms with Gasteiger partial charge in [0.15, 0.2) is 0 Å². The summed E-state index contributed by atoms with van der Waals surface area (Å²) >= 11 is 1.36. The summed E-state index contributed by atoms with van der Waals surface area (Å²) in [6, 6.07) is 10.9. The highest BCUT2D eigenvalue weighted by atomic mass is 32.1. The van der Waals surface area contributed by atoms with Crippen LogP contribution >= 0.6 is 11.5 Å². The lowest BCUT2D eigenvalue weighted by Gasteiger charge is -2.35. The lowest BCUT2D eigenvalue weighted by atomic mass is 9.84. The van der Waals surface area contributed by atoms with Crippen LogP contribution in [0.15, 0.2) is 55.3 Å². The van der Waals surface area contributed by atoms with Crippen molar-refractivity contribution in [3.05, 3.63) is 72.2 Å². The lowest BCUT2D eigenvalue weighted by molar-refractivity contribution is -0.145. The van der Waals surface area contributed by atoms with E-state index < -0.39 is 23.9 Å². The SMILES string of the molecule is C=CC(=O)N1CC[C@H](C(=O)N(C)[C@H](C(=O)N[C@@H](Cc2cc(-c3ccc4c(c3)c(CC(C)(C)COC)c(-c3cccnc3[C@H](C)OC)n4CC)sn2)C(=O)N2CCCCN2)C(C)C)C1. The Balaban J connectivity index is 1.32. The van der Waals surface area contributed by atoms with Gasteiger partial charge in [0.2, 0.25) is 17.7 Å². The van der Waals surface area contributed by atoms with Gasteiger partial charge < -0.3 is 29.2 Å².